The maximum Gasteiger partial charge on any atom is 0.255 e. The number of rotatable bonds is 2. The molecule has 0 aliphatic heterocycles. The molecule has 0 bridgehead atoms. The lowest BCUT2D eigenvalue weighted by atomic mass is 10.2. The van der Waals surface area contributed by atoms with Gasteiger partial charge in [-0.2, -0.15) is 5.10 Å². The third-order valence-electron chi connectivity index (χ3n) is 1.70. The number of amides is 1. The Kier molecular flexibility index (Phi) is 2.22. The molecule has 2 aromatic heterocycles. The van der Waals surface area contributed by atoms with Crippen LogP contribution in [0.2, 0.25) is 0 Å². The molecule has 70 valence electrons. The lowest BCUT2D eigenvalue weighted by molar-refractivity contribution is 0.102. The smallest absolute Gasteiger partial charge is 0.255 e. The molecule has 0 saturated carbocycles. The van der Waals surface area contributed by atoms with Crippen LogP contribution in [0.15, 0.2) is 36.9 Å². The maximum absolute atomic E-state index is 11.5. The number of pyridine rings is 1. The molecular weight excluding hydrogens is 180 g/mol. The molecule has 5 heteroatoms. The van der Waals surface area contributed by atoms with Crippen molar-refractivity contribution >= 4 is 11.6 Å². The summed E-state index contributed by atoms with van der Waals surface area (Å²) in [7, 11) is 0. The summed E-state index contributed by atoms with van der Waals surface area (Å²) in [5.41, 5.74) is 1.22. The summed E-state index contributed by atoms with van der Waals surface area (Å²) in [5, 5.41) is 9.00. The molecule has 0 aromatic carbocycles. The molecule has 0 atom stereocenters. The van der Waals surface area contributed by atoms with Gasteiger partial charge >= 0.3 is 0 Å². The van der Waals surface area contributed by atoms with Gasteiger partial charge in [0, 0.05) is 24.2 Å². The number of aromatic amines is 1. The van der Waals surface area contributed by atoms with E-state index in [0.717, 1.165) is 0 Å². The topological polar surface area (TPSA) is 70.7 Å². The zero-order chi connectivity index (χ0) is 9.80. The number of H-pyrrole nitrogens is 1. The van der Waals surface area contributed by atoms with E-state index < -0.39 is 0 Å². The first-order valence-electron chi connectivity index (χ1n) is 4.06. The van der Waals surface area contributed by atoms with Gasteiger partial charge in [-0.15, -0.1) is 0 Å². The van der Waals surface area contributed by atoms with Gasteiger partial charge in [-0.3, -0.25) is 14.9 Å². The highest BCUT2D eigenvalue weighted by molar-refractivity contribution is 6.03. The van der Waals surface area contributed by atoms with Crippen LogP contribution >= 0.6 is 0 Å². The van der Waals surface area contributed by atoms with Crippen molar-refractivity contribution in [1.82, 2.24) is 15.2 Å². The second-order valence-corrected chi connectivity index (χ2v) is 2.68. The number of nitrogens with one attached hydrogen (secondary N) is 2. The van der Waals surface area contributed by atoms with Gasteiger partial charge in [-0.25, -0.2) is 0 Å². The predicted octanol–water partition coefficient (Wildman–Crippen LogP) is 1.06. The molecule has 2 aromatic rings. The van der Waals surface area contributed by atoms with Crippen LogP contribution in [0, 0.1) is 0 Å². The summed E-state index contributed by atoms with van der Waals surface area (Å²) in [6, 6.07) is 3.30. The van der Waals surface area contributed by atoms with Gasteiger partial charge in [0.1, 0.15) is 0 Å². The highest BCUT2D eigenvalue weighted by Gasteiger charge is 2.04. The fourth-order valence-corrected chi connectivity index (χ4v) is 1.03. The molecule has 0 aliphatic rings. The Morgan fingerprint density at radius 1 is 1.36 bits per heavy atom. The summed E-state index contributed by atoms with van der Waals surface area (Å²) in [6.45, 7) is 0. The first-order valence-corrected chi connectivity index (χ1v) is 4.06. The van der Waals surface area contributed by atoms with Crippen LogP contribution < -0.4 is 5.32 Å². The SMILES string of the molecule is O=C(Nc1cn[nH]c1)c1ccncc1. The third-order valence-corrected chi connectivity index (χ3v) is 1.70. The zero-order valence-corrected chi connectivity index (χ0v) is 7.27. The zero-order valence-electron chi connectivity index (χ0n) is 7.27. The van der Waals surface area contributed by atoms with Crippen molar-refractivity contribution in [1.29, 1.82) is 0 Å². The van der Waals surface area contributed by atoms with Crippen molar-refractivity contribution < 1.29 is 4.79 Å². The normalized spacial score (nSPS) is 9.71. The molecule has 0 unspecified atom stereocenters. The van der Waals surface area contributed by atoms with Crippen LogP contribution in [0.25, 0.3) is 0 Å². The summed E-state index contributed by atoms with van der Waals surface area (Å²) in [6.07, 6.45) is 6.30. The van der Waals surface area contributed by atoms with Crippen LogP contribution in [0.1, 0.15) is 10.4 Å². The van der Waals surface area contributed by atoms with Crippen molar-refractivity contribution in [3.8, 4) is 0 Å². The van der Waals surface area contributed by atoms with Crippen molar-refractivity contribution in [3.05, 3.63) is 42.5 Å². The Labute approximate surface area is 80.2 Å². The number of hydrogen-bond acceptors (Lipinski definition) is 3. The Bertz CT molecular complexity index is 410. The highest BCUT2D eigenvalue weighted by Crippen LogP contribution is 2.04. The van der Waals surface area contributed by atoms with E-state index in [4.69, 9.17) is 0 Å². The van der Waals surface area contributed by atoms with Gasteiger partial charge in [0.2, 0.25) is 0 Å². The Morgan fingerprint density at radius 3 is 2.79 bits per heavy atom. The molecular formula is C9H8N4O. The van der Waals surface area contributed by atoms with E-state index in [2.05, 4.69) is 20.5 Å². The van der Waals surface area contributed by atoms with Gasteiger partial charge in [-0.05, 0) is 12.1 Å². The molecule has 0 saturated heterocycles. The van der Waals surface area contributed by atoms with Crippen LogP contribution in [-0.2, 0) is 0 Å². The second-order valence-electron chi connectivity index (χ2n) is 2.68. The van der Waals surface area contributed by atoms with Gasteiger partial charge in [0.05, 0.1) is 11.9 Å². The fraction of sp³-hybridized carbons (Fsp3) is 0. The minimum Gasteiger partial charge on any atom is -0.319 e. The van der Waals surface area contributed by atoms with Crippen molar-refractivity contribution in [3.63, 3.8) is 0 Å². The Hall–Kier alpha value is -2.17. The van der Waals surface area contributed by atoms with Crippen molar-refractivity contribution in [2.45, 2.75) is 0 Å². The lowest BCUT2D eigenvalue weighted by Crippen LogP contribution is -2.11. The van der Waals surface area contributed by atoms with E-state index in [1.807, 2.05) is 0 Å². The number of carbonyl (C=O) groups is 1. The van der Waals surface area contributed by atoms with Gasteiger partial charge in [0.15, 0.2) is 0 Å². The minimum absolute atomic E-state index is 0.172. The van der Waals surface area contributed by atoms with Crippen molar-refractivity contribution in [2.75, 3.05) is 5.32 Å². The number of anilines is 1. The van der Waals surface area contributed by atoms with E-state index in [1.165, 1.54) is 0 Å². The molecule has 5 nitrogen and oxygen atoms in total. The molecule has 2 rings (SSSR count). The highest BCUT2D eigenvalue weighted by atomic mass is 16.1. The van der Waals surface area contributed by atoms with Crippen LogP contribution in [0.4, 0.5) is 5.69 Å². The minimum atomic E-state index is -0.172. The summed E-state index contributed by atoms with van der Waals surface area (Å²) < 4.78 is 0. The van der Waals surface area contributed by atoms with E-state index in [1.54, 1.807) is 36.9 Å². The number of nitrogens with zero attached hydrogens (tertiary/aromatic N) is 2. The second kappa shape index (κ2) is 3.69. The molecule has 1 amide bonds. The van der Waals surface area contributed by atoms with Crippen LogP contribution in [0.3, 0.4) is 0 Å². The average Bonchev–Trinajstić information content (AvgIpc) is 2.72. The standard InChI is InChI=1S/C9H8N4O/c14-9(7-1-3-10-4-2-7)13-8-5-11-12-6-8/h1-6H,(H,11,12)(H,13,14). The van der Waals surface area contributed by atoms with Gasteiger partial charge in [-0.1, -0.05) is 0 Å². The Balaban J connectivity index is 2.11. The monoisotopic (exact) mass is 188 g/mol. The summed E-state index contributed by atoms with van der Waals surface area (Å²) in [4.78, 5) is 15.4. The molecule has 0 fully saturated rings. The molecule has 0 spiro atoms. The van der Waals surface area contributed by atoms with E-state index >= 15 is 0 Å². The maximum atomic E-state index is 11.5. The number of carbonyl (C=O) groups excluding carboxylic acids is 1. The molecule has 2 heterocycles. The molecule has 14 heavy (non-hydrogen) atoms. The predicted molar refractivity (Wildman–Crippen MR) is 50.8 cm³/mol. The quantitative estimate of drug-likeness (QED) is 0.740. The van der Waals surface area contributed by atoms with Gasteiger partial charge in [0.25, 0.3) is 5.91 Å². The Morgan fingerprint density at radius 2 is 2.14 bits per heavy atom. The van der Waals surface area contributed by atoms with Crippen LogP contribution in [0.5, 0.6) is 0 Å². The molecule has 2 N–H and O–H groups in total. The van der Waals surface area contributed by atoms with Crippen LogP contribution in [-0.4, -0.2) is 21.1 Å². The third kappa shape index (κ3) is 1.77. The largest absolute Gasteiger partial charge is 0.319 e. The molecule has 0 radical (unpaired) electrons. The van der Waals surface area contributed by atoms with E-state index in [0.29, 0.717) is 11.3 Å². The fourth-order valence-electron chi connectivity index (χ4n) is 1.03. The lowest BCUT2D eigenvalue weighted by Gasteiger charge is -2.00. The first-order chi connectivity index (χ1) is 6.86. The van der Waals surface area contributed by atoms with Crippen molar-refractivity contribution in [2.24, 2.45) is 0 Å². The molecule has 0 aliphatic carbocycles. The number of aromatic nitrogens is 3. The average molecular weight is 188 g/mol. The van der Waals surface area contributed by atoms with Gasteiger partial charge < -0.3 is 5.32 Å². The van der Waals surface area contributed by atoms with E-state index in [9.17, 15) is 4.79 Å². The summed E-state index contributed by atoms with van der Waals surface area (Å²) in [5.74, 6) is -0.172. The first kappa shape index (κ1) is 8.43. The van der Waals surface area contributed by atoms with E-state index in [-0.39, 0.29) is 5.91 Å². The number of hydrogen-bond donors (Lipinski definition) is 2. The summed E-state index contributed by atoms with van der Waals surface area (Å²) >= 11 is 0.